The first-order valence-electron chi connectivity index (χ1n) is 13.3. The predicted octanol–water partition coefficient (Wildman–Crippen LogP) is 4.28. The standard InChI is InChI=1S/C29H36ClN5O2.2ClH/c1-33-16-18-34(19-17-33)27(37)29(12-3-2-4-13-29)25-8-9-26(36)35(32-25)24-10-14-28(21-31,15-11-24)22-6-5-7-23(30)20-22;;/h2-9,12,20,24H,10-11,13-19,21,31H2,1H3;2*1H. The molecule has 7 nitrogen and oxygen atoms in total. The summed E-state index contributed by atoms with van der Waals surface area (Å²) in [6.45, 7) is 3.63. The van der Waals surface area contributed by atoms with E-state index in [-0.39, 0.29) is 47.7 Å². The van der Waals surface area contributed by atoms with Gasteiger partial charge in [0.2, 0.25) is 5.91 Å². The Morgan fingerprint density at radius 2 is 1.79 bits per heavy atom. The van der Waals surface area contributed by atoms with Crippen molar-refractivity contribution in [1.82, 2.24) is 19.6 Å². The van der Waals surface area contributed by atoms with Crippen LogP contribution in [0.4, 0.5) is 0 Å². The van der Waals surface area contributed by atoms with Gasteiger partial charge in [-0.25, -0.2) is 4.68 Å². The summed E-state index contributed by atoms with van der Waals surface area (Å²) in [5, 5.41) is 5.60. The maximum absolute atomic E-state index is 13.9. The molecule has 0 bridgehead atoms. The van der Waals surface area contributed by atoms with Crippen LogP contribution in [-0.2, 0) is 15.6 Å². The minimum absolute atomic E-state index is 0. The first-order chi connectivity index (χ1) is 17.9. The quantitative estimate of drug-likeness (QED) is 0.559. The molecule has 1 aromatic heterocycles. The Kier molecular flexibility index (Phi) is 10.5. The summed E-state index contributed by atoms with van der Waals surface area (Å²) < 4.78 is 1.62. The van der Waals surface area contributed by atoms with Crippen LogP contribution in [0.5, 0.6) is 0 Å². The summed E-state index contributed by atoms with van der Waals surface area (Å²) >= 11 is 6.28. The van der Waals surface area contributed by atoms with E-state index in [2.05, 4.69) is 18.0 Å². The van der Waals surface area contributed by atoms with Crippen LogP contribution in [0.25, 0.3) is 0 Å². The van der Waals surface area contributed by atoms with Crippen molar-refractivity contribution in [3.8, 4) is 0 Å². The number of carbonyl (C=O) groups excluding carboxylic acids is 1. The molecule has 1 aliphatic heterocycles. The molecule has 2 aromatic rings. The number of nitrogens with zero attached hydrogens (tertiary/aromatic N) is 4. The molecule has 10 heteroatoms. The number of nitrogens with two attached hydrogens (primary N) is 1. The third kappa shape index (κ3) is 6.13. The monoisotopic (exact) mass is 593 g/mol. The summed E-state index contributed by atoms with van der Waals surface area (Å²) in [7, 11) is 2.08. The predicted molar refractivity (Wildman–Crippen MR) is 161 cm³/mol. The SMILES string of the molecule is CN1CCN(C(=O)C2(c3ccc(=O)n(C4CCC(CN)(c5cccc(Cl)c5)CC4)n3)C=CC=CC2)CC1.Cl.Cl. The average molecular weight is 595 g/mol. The molecular weight excluding hydrogens is 557 g/mol. The number of rotatable bonds is 5. The first-order valence-corrected chi connectivity index (χ1v) is 13.6. The van der Waals surface area contributed by atoms with Crippen LogP contribution in [0.1, 0.15) is 49.4 Å². The lowest BCUT2D eigenvalue weighted by molar-refractivity contribution is -0.137. The number of benzene rings is 1. The van der Waals surface area contributed by atoms with Crippen LogP contribution < -0.4 is 11.3 Å². The molecule has 2 N–H and O–H groups in total. The lowest BCUT2D eigenvalue weighted by Gasteiger charge is -2.41. The second kappa shape index (κ2) is 13.0. The van der Waals surface area contributed by atoms with Crippen LogP contribution in [0.2, 0.25) is 5.02 Å². The Morgan fingerprint density at radius 3 is 2.41 bits per heavy atom. The van der Waals surface area contributed by atoms with Crippen LogP contribution >= 0.6 is 36.4 Å². The molecule has 1 saturated carbocycles. The van der Waals surface area contributed by atoms with Gasteiger partial charge in [-0.15, -0.1) is 24.8 Å². The van der Waals surface area contributed by atoms with Crippen LogP contribution in [-0.4, -0.2) is 65.3 Å². The van der Waals surface area contributed by atoms with Crippen molar-refractivity contribution in [3.63, 3.8) is 0 Å². The van der Waals surface area contributed by atoms with Gasteiger partial charge in [-0.05, 0) is 62.9 Å². The zero-order chi connectivity index (χ0) is 26.0. The van der Waals surface area contributed by atoms with Crippen molar-refractivity contribution in [1.29, 1.82) is 0 Å². The molecular formula is C29H38Cl3N5O2. The fraction of sp³-hybridized carbons (Fsp3) is 0.483. The van der Waals surface area contributed by atoms with Crippen molar-refractivity contribution < 1.29 is 4.79 Å². The maximum atomic E-state index is 13.9. The van der Waals surface area contributed by atoms with Gasteiger partial charge in [-0.3, -0.25) is 9.59 Å². The van der Waals surface area contributed by atoms with E-state index in [9.17, 15) is 9.59 Å². The molecule has 2 heterocycles. The summed E-state index contributed by atoms with van der Waals surface area (Å²) in [5.74, 6) is 0.0608. The number of aromatic nitrogens is 2. The Bertz CT molecular complexity index is 1260. The van der Waals surface area contributed by atoms with Gasteiger partial charge in [0, 0.05) is 49.2 Å². The zero-order valence-electron chi connectivity index (χ0n) is 22.3. The highest BCUT2D eigenvalue weighted by atomic mass is 35.5. The van der Waals surface area contributed by atoms with E-state index in [0.29, 0.717) is 36.8 Å². The summed E-state index contributed by atoms with van der Waals surface area (Å²) in [6.07, 6.45) is 11.7. The number of carbonyl (C=O) groups is 1. The maximum Gasteiger partial charge on any atom is 0.267 e. The Hall–Kier alpha value is -2.16. The molecule has 2 aliphatic carbocycles. The van der Waals surface area contributed by atoms with E-state index in [1.54, 1.807) is 16.8 Å². The van der Waals surface area contributed by atoms with E-state index in [4.69, 9.17) is 22.4 Å². The number of likely N-dealkylation sites (N-methyl/N-ethyl adjacent to an activating group) is 1. The normalized spacial score (nSPS) is 26.9. The lowest BCUT2D eigenvalue weighted by Crippen LogP contribution is -2.54. The second-order valence-corrected chi connectivity index (χ2v) is 11.2. The average Bonchev–Trinajstić information content (AvgIpc) is 2.94. The van der Waals surface area contributed by atoms with E-state index < -0.39 is 5.41 Å². The summed E-state index contributed by atoms with van der Waals surface area (Å²) in [6, 6.07) is 11.2. The van der Waals surface area contributed by atoms with Crippen molar-refractivity contribution in [2.45, 2.75) is 49.0 Å². The van der Waals surface area contributed by atoms with Crippen LogP contribution in [0, 0.1) is 0 Å². The summed E-state index contributed by atoms with van der Waals surface area (Å²) in [4.78, 5) is 31.2. The third-order valence-electron chi connectivity index (χ3n) is 8.61. The Morgan fingerprint density at radius 1 is 1.08 bits per heavy atom. The molecule has 1 saturated heterocycles. The molecule has 0 radical (unpaired) electrons. The lowest BCUT2D eigenvalue weighted by atomic mass is 9.68. The van der Waals surface area contributed by atoms with Crippen molar-refractivity contribution in [3.05, 3.63) is 87.3 Å². The fourth-order valence-corrected chi connectivity index (χ4v) is 6.31. The van der Waals surface area contributed by atoms with Gasteiger partial charge in [-0.2, -0.15) is 5.10 Å². The number of hydrogen-bond donors (Lipinski definition) is 1. The number of piperazine rings is 1. The largest absolute Gasteiger partial charge is 0.339 e. The first kappa shape index (κ1) is 31.4. The molecule has 5 rings (SSSR count). The second-order valence-electron chi connectivity index (χ2n) is 10.8. The van der Waals surface area contributed by atoms with E-state index in [0.717, 1.165) is 44.3 Å². The number of amides is 1. The molecule has 2 fully saturated rings. The molecule has 1 aromatic carbocycles. The van der Waals surface area contributed by atoms with Crippen molar-refractivity contribution in [2.75, 3.05) is 39.8 Å². The highest BCUT2D eigenvalue weighted by Crippen LogP contribution is 2.43. The highest BCUT2D eigenvalue weighted by molar-refractivity contribution is 6.30. The van der Waals surface area contributed by atoms with Gasteiger partial charge in [0.15, 0.2) is 0 Å². The van der Waals surface area contributed by atoms with Crippen LogP contribution in [0.3, 0.4) is 0 Å². The van der Waals surface area contributed by atoms with Gasteiger partial charge >= 0.3 is 0 Å². The van der Waals surface area contributed by atoms with Gasteiger partial charge in [-0.1, -0.05) is 48.0 Å². The minimum atomic E-state index is -0.892. The number of hydrogen-bond acceptors (Lipinski definition) is 5. The van der Waals surface area contributed by atoms with Gasteiger partial charge in [0.1, 0.15) is 5.41 Å². The van der Waals surface area contributed by atoms with E-state index >= 15 is 0 Å². The third-order valence-corrected chi connectivity index (χ3v) is 8.84. The Labute approximate surface area is 247 Å². The number of halogens is 3. The fourth-order valence-electron chi connectivity index (χ4n) is 6.12. The zero-order valence-corrected chi connectivity index (χ0v) is 24.7. The smallest absolute Gasteiger partial charge is 0.267 e. The van der Waals surface area contributed by atoms with Gasteiger partial charge < -0.3 is 15.5 Å². The van der Waals surface area contributed by atoms with Crippen molar-refractivity contribution in [2.24, 2.45) is 5.73 Å². The van der Waals surface area contributed by atoms with E-state index in [1.165, 1.54) is 0 Å². The minimum Gasteiger partial charge on any atom is -0.339 e. The number of allylic oxidation sites excluding steroid dienone is 3. The molecule has 3 aliphatic rings. The molecule has 212 valence electrons. The van der Waals surface area contributed by atoms with Gasteiger partial charge in [0.25, 0.3) is 5.56 Å². The molecule has 1 atom stereocenters. The molecule has 39 heavy (non-hydrogen) atoms. The summed E-state index contributed by atoms with van der Waals surface area (Å²) in [5.41, 5.74) is 6.92. The van der Waals surface area contributed by atoms with E-state index in [1.807, 2.05) is 47.4 Å². The van der Waals surface area contributed by atoms with Crippen molar-refractivity contribution >= 4 is 42.3 Å². The Balaban J connectivity index is 0.00000210. The molecule has 0 spiro atoms. The molecule has 1 unspecified atom stereocenters. The van der Waals surface area contributed by atoms with Crippen LogP contribution in [0.15, 0.2) is 65.5 Å². The van der Waals surface area contributed by atoms with Gasteiger partial charge in [0.05, 0.1) is 11.7 Å². The molecule has 1 amide bonds. The highest BCUT2D eigenvalue weighted by Gasteiger charge is 2.43. The topological polar surface area (TPSA) is 84.5 Å².